The summed E-state index contributed by atoms with van der Waals surface area (Å²) in [5, 5.41) is 3.29. The Bertz CT molecular complexity index is 449. The highest BCUT2D eigenvalue weighted by molar-refractivity contribution is 5.66. The van der Waals surface area contributed by atoms with Crippen LogP contribution in [0.5, 0.6) is 5.88 Å². The molecule has 0 aliphatic carbocycles. The van der Waals surface area contributed by atoms with E-state index >= 15 is 0 Å². The Labute approximate surface area is 125 Å². The van der Waals surface area contributed by atoms with E-state index in [1.165, 1.54) is 0 Å². The van der Waals surface area contributed by atoms with E-state index in [1.807, 2.05) is 6.92 Å². The van der Waals surface area contributed by atoms with Gasteiger partial charge in [-0.2, -0.15) is 4.98 Å². The fourth-order valence-electron chi connectivity index (χ4n) is 2.28. The van der Waals surface area contributed by atoms with E-state index in [9.17, 15) is 0 Å². The predicted octanol–water partition coefficient (Wildman–Crippen LogP) is 0.764. The quantitative estimate of drug-likeness (QED) is 0.718. The second-order valence-electron chi connectivity index (χ2n) is 5.00. The smallest absolute Gasteiger partial charge is 0.242 e. The lowest BCUT2D eigenvalue weighted by Gasteiger charge is -2.26. The van der Waals surface area contributed by atoms with Crippen LogP contribution in [0.25, 0.3) is 0 Å². The summed E-state index contributed by atoms with van der Waals surface area (Å²) in [4.78, 5) is 11.1. The summed E-state index contributed by atoms with van der Waals surface area (Å²) < 4.78 is 10.5. The SMILES string of the molecule is CCc1nc(NCCCN2CCOCC2)c(N)c(OC)n1. The lowest BCUT2D eigenvalue weighted by atomic mass is 10.3. The topological polar surface area (TPSA) is 85.5 Å². The van der Waals surface area contributed by atoms with Crippen LogP contribution in [-0.2, 0) is 11.2 Å². The molecule has 0 aromatic carbocycles. The number of ether oxygens (including phenoxy) is 2. The van der Waals surface area contributed by atoms with Crippen LogP contribution >= 0.6 is 0 Å². The largest absolute Gasteiger partial charge is 0.479 e. The number of nitrogens with zero attached hydrogens (tertiary/aromatic N) is 3. The molecule has 1 aromatic rings. The molecule has 0 unspecified atom stereocenters. The monoisotopic (exact) mass is 295 g/mol. The minimum absolute atomic E-state index is 0.442. The summed E-state index contributed by atoms with van der Waals surface area (Å²) in [6.45, 7) is 7.59. The lowest BCUT2D eigenvalue weighted by molar-refractivity contribution is 0.0378. The van der Waals surface area contributed by atoms with Gasteiger partial charge >= 0.3 is 0 Å². The molecule has 0 amide bonds. The number of aryl methyl sites for hydroxylation is 1. The van der Waals surface area contributed by atoms with Gasteiger partial charge in [0.2, 0.25) is 5.88 Å². The van der Waals surface area contributed by atoms with Crippen molar-refractivity contribution in [3.63, 3.8) is 0 Å². The molecule has 7 nitrogen and oxygen atoms in total. The van der Waals surface area contributed by atoms with Crippen molar-refractivity contribution in [2.75, 3.05) is 57.6 Å². The normalized spacial score (nSPS) is 15.9. The number of nitrogens with two attached hydrogens (primary N) is 1. The van der Waals surface area contributed by atoms with Gasteiger partial charge in [0, 0.05) is 26.1 Å². The van der Waals surface area contributed by atoms with Gasteiger partial charge in [-0.3, -0.25) is 4.90 Å². The Morgan fingerprint density at radius 1 is 1.33 bits per heavy atom. The average Bonchev–Trinajstić information content (AvgIpc) is 2.54. The Morgan fingerprint density at radius 2 is 2.10 bits per heavy atom. The van der Waals surface area contributed by atoms with Crippen molar-refractivity contribution in [2.45, 2.75) is 19.8 Å². The van der Waals surface area contributed by atoms with Gasteiger partial charge in [-0.15, -0.1) is 0 Å². The van der Waals surface area contributed by atoms with Gasteiger partial charge in [0.1, 0.15) is 11.5 Å². The highest BCUT2D eigenvalue weighted by Gasteiger charge is 2.12. The fourth-order valence-corrected chi connectivity index (χ4v) is 2.28. The van der Waals surface area contributed by atoms with Crippen molar-refractivity contribution >= 4 is 11.5 Å². The maximum absolute atomic E-state index is 6.00. The number of hydrogen-bond donors (Lipinski definition) is 2. The van der Waals surface area contributed by atoms with Crippen LogP contribution < -0.4 is 15.8 Å². The van der Waals surface area contributed by atoms with Crippen LogP contribution in [0.4, 0.5) is 11.5 Å². The third-order valence-electron chi connectivity index (χ3n) is 3.51. The van der Waals surface area contributed by atoms with Crippen molar-refractivity contribution in [2.24, 2.45) is 0 Å². The van der Waals surface area contributed by atoms with Crippen molar-refractivity contribution in [3.05, 3.63) is 5.82 Å². The highest BCUT2D eigenvalue weighted by Crippen LogP contribution is 2.25. The van der Waals surface area contributed by atoms with E-state index in [4.69, 9.17) is 15.2 Å². The van der Waals surface area contributed by atoms with Crippen LogP contribution in [0.2, 0.25) is 0 Å². The first-order chi connectivity index (χ1) is 10.2. The van der Waals surface area contributed by atoms with Gasteiger partial charge in [0.25, 0.3) is 0 Å². The van der Waals surface area contributed by atoms with Gasteiger partial charge in [0.05, 0.1) is 20.3 Å². The van der Waals surface area contributed by atoms with Crippen molar-refractivity contribution in [1.82, 2.24) is 14.9 Å². The Hall–Kier alpha value is -1.60. The summed E-state index contributed by atoms with van der Waals surface area (Å²) in [5.74, 6) is 1.84. The van der Waals surface area contributed by atoms with Crippen LogP contribution in [0.1, 0.15) is 19.2 Å². The zero-order valence-electron chi connectivity index (χ0n) is 12.9. The molecule has 118 valence electrons. The number of morpholine rings is 1. The summed E-state index contributed by atoms with van der Waals surface area (Å²) >= 11 is 0. The maximum Gasteiger partial charge on any atom is 0.242 e. The van der Waals surface area contributed by atoms with E-state index in [1.54, 1.807) is 7.11 Å². The Balaban J connectivity index is 1.84. The fraction of sp³-hybridized carbons (Fsp3) is 0.714. The number of nitrogen functional groups attached to an aromatic ring is 1. The molecular formula is C14H25N5O2. The maximum atomic E-state index is 6.00. The molecule has 1 aromatic heterocycles. The third kappa shape index (κ3) is 4.44. The van der Waals surface area contributed by atoms with Crippen LogP contribution in [0.3, 0.4) is 0 Å². The zero-order chi connectivity index (χ0) is 15.1. The van der Waals surface area contributed by atoms with Crippen LogP contribution in [0, 0.1) is 0 Å². The summed E-state index contributed by atoms with van der Waals surface area (Å²) in [7, 11) is 1.57. The summed E-state index contributed by atoms with van der Waals surface area (Å²) in [6.07, 6.45) is 1.78. The van der Waals surface area contributed by atoms with Gasteiger partial charge in [-0.25, -0.2) is 4.98 Å². The molecule has 2 rings (SSSR count). The lowest BCUT2D eigenvalue weighted by Crippen LogP contribution is -2.37. The van der Waals surface area contributed by atoms with Crippen LogP contribution in [-0.4, -0.2) is 61.4 Å². The molecule has 3 N–H and O–H groups in total. The molecule has 21 heavy (non-hydrogen) atoms. The summed E-state index contributed by atoms with van der Waals surface area (Å²) in [5.41, 5.74) is 6.48. The van der Waals surface area contributed by atoms with Crippen molar-refractivity contribution < 1.29 is 9.47 Å². The van der Waals surface area contributed by atoms with Gasteiger partial charge in [-0.05, 0) is 13.0 Å². The summed E-state index contributed by atoms with van der Waals surface area (Å²) in [6, 6.07) is 0. The molecule has 0 saturated carbocycles. The number of anilines is 2. The molecule has 7 heteroatoms. The average molecular weight is 295 g/mol. The number of rotatable bonds is 7. The number of aromatic nitrogens is 2. The molecular weight excluding hydrogens is 270 g/mol. The Kier molecular flexibility index (Phi) is 6.01. The minimum atomic E-state index is 0.442. The Morgan fingerprint density at radius 3 is 2.76 bits per heavy atom. The molecule has 0 radical (unpaired) electrons. The third-order valence-corrected chi connectivity index (χ3v) is 3.51. The molecule has 2 heterocycles. The van der Waals surface area contributed by atoms with E-state index in [-0.39, 0.29) is 0 Å². The molecule has 1 fully saturated rings. The first kappa shape index (κ1) is 15.8. The van der Waals surface area contributed by atoms with Gasteiger partial charge in [0.15, 0.2) is 5.82 Å². The molecule has 1 aliphatic heterocycles. The first-order valence-corrected chi connectivity index (χ1v) is 7.49. The van der Waals surface area contributed by atoms with E-state index < -0.39 is 0 Å². The minimum Gasteiger partial charge on any atom is -0.479 e. The number of methoxy groups -OCH3 is 1. The molecule has 1 saturated heterocycles. The van der Waals surface area contributed by atoms with Crippen molar-refractivity contribution in [1.29, 1.82) is 0 Å². The van der Waals surface area contributed by atoms with E-state index in [0.717, 1.165) is 58.1 Å². The standard InChI is InChI=1S/C14H25N5O2/c1-3-11-17-13(12(15)14(18-11)20-2)16-5-4-6-19-7-9-21-10-8-19/h3-10,15H2,1-2H3,(H,16,17,18). The van der Waals surface area contributed by atoms with Crippen LogP contribution in [0.15, 0.2) is 0 Å². The molecule has 0 spiro atoms. The second kappa shape index (κ2) is 7.99. The molecule has 0 atom stereocenters. The van der Waals surface area contributed by atoms with Gasteiger partial charge < -0.3 is 20.5 Å². The van der Waals surface area contributed by atoms with Crippen molar-refractivity contribution in [3.8, 4) is 5.88 Å². The number of nitrogens with one attached hydrogen (secondary N) is 1. The molecule has 0 bridgehead atoms. The predicted molar refractivity (Wildman–Crippen MR) is 82.7 cm³/mol. The zero-order valence-corrected chi connectivity index (χ0v) is 12.9. The highest BCUT2D eigenvalue weighted by atomic mass is 16.5. The molecule has 1 aliphatic rings. The first-order valence-electron chi connectivity index (χ1n) is 7.49. The van der Waals surface area contributed by atoms with Gasteiger partial charge in [-0.1, -0.05) is 6.92 Å². The van der Waals surface area contributed by atoms with E-state index in [2.05, 4.69) is 20.2 Å². The second-order valence-corrected chi connectivity index (χ2v) is 5.00. The number of hydrogen-bond acceptors (Lipinski definition) is 7. The van der Waals surface area contributed by atoms with E-state index in [0.29, 0.717) is 17.4 Å².